The van der Waals surface area contributed by atoms with Crippen molar-refractivity contribution < 1.29 is 13.2 Å². The standard InChI is InChI=1S/C25H35N7O3S/c1-18-14-20(31-8-6-30(7-9-31)19-2-4-26-5-3-19)15-22-23(18)35-16-21-24(29-22)27-17-28-25(21)32-10-12-36(33,34)13-11-32/h14-15,17,19,26H,2-13,16H2,1H3,(H,27,28,29). The van der Waals surface area contributed by atoms with Crippen molar-refractivity contribution in [2.75, 3.05) is 79.0 Å². The molecule has 4 aliphatic heterocycles. The molecule has 36 heavy (non-hydrogen) atoms. The van der Waals surface area contributed by atoms with Crippen LogP contribution in [-0.4, -0.2) is 93.2 Å². The zero-order valence-corrected chi connectivity index (χ0v) is 21.7. The molecule has 3 saturated heterocycles. The Hall–Kier alpha value is -2.63. The summed E-state index contributed by atoms with van der Waals surface area (Å²) in [6.07, 6.45) is 4.04. The van der Waals surface area contributed by atoms with E-state index in [1.54, 1.807) is 6.33 Å². The summed E-state index contributed by atoms with van der Waals surface area (Å²) >= 11 is 0. The van der Waals surface area contributed by atoms with Crippen LogP contribution in [0, 0.1) is 6.92 Å². The highest BCUT2D eigenvalue weighted by atomic mass is 32.2. The fourth-order valence-electron chi connectivity index (χ4n) is 5.85. The first-order valence-electron chi connectivity index (χ1n) is 13.0. The molecule has 11 heteroatoms. The summed E-state index contributed by atoms with van der Waals surface area (Å²) in [5.74, 6) is 2.60. The molecular weight excluding hydrogens is 478 g/mol. The van der Waals surface area contributed by atoms with Gasteiger partial charge in [-0.25, -0.2) is 18.4 Å². The molecule has 0 unspecified atom stereocenters. The molecule has 1 aromatic carbocycles. The van der Waals surface area contributed by atoms with Gasteiger partial charge in [0.05, 0.1) is 22.8 Å². The Balaban J connectivity index is 1.21. The third kappa shape index (κ3) is 4.71. The van der Waals surface area contributed by atoms with E-state index in [4.69, 9.17) is 4.74 Å². The predicted molar refractivity (Wildman–Crippen MR) is 141 cm³/mol. The van der Waals surface area contributed by atoms with E-state index in [1.165, 1.54) is 18.5 Å². The van der Waals surface area contributed by atoms with Gasteiger partial charge in [0.15, 0.2) is 9.84 Å². The van der Waals surface area contributed by atoms with E-state index in [0.717, 1.165) is 73.5 Å². The van der Waals surface area contributed by atoms with Gasteiger partial charge in [-0.15, -0.1) is 0 Å². The first kappa shape index (κ1) is 23.7. The fraction of sp³-hybridized carbons (Fsp3) is 0.600. The minimum atomic E-state index is -2.97. The highest BCUT2D eigenvalue weighted by molar-refractivity contribution is 7.91. The monoisotopic (exact) mass is 513 g/mol. The van der Waals surface area contributed by atoms with Crippen molar-refractivity contribution >= 4 is 32.8 Å². The van der Waals surface area contributed by atoms with Crippen molar-refractivity contribution in [3.8, 4) is 5.75 Å². The van der Waals surface area contributed by atoms with E-state index in [0.29, 0.717) is 25.7 Å². The van der Waals surface area contributed by atoms with Crippen molar-refractivity contribution in [2.24, 2.45) is 0 Å². The minimum absolute atomic E-state index is 0.146. The SMILES string of the molecule is Cc1cc(N2CCN(C3CCNCC3)CC2)cc2c1OCc1c(ncnc1N1CCS(=O)(=O)CC1)N2. The lowest BCUT2D eigenvalue weighted by molar-refractivity contribution is 0.153. The summed E-state index contributed by atoms with van der Waals surface area (Å²) in [6, 6.07) is 5.11. The number of hydrogen-bond acceptors (Lipinski definition) is 10. The van der Waals surface area contributed by atoms with Gasteiger partial charge in [0.1, 0.15) is 30.3 Å². The number of piperidine rings is 1. The number of sulfone groups is 1. The Labute approximate surface area is 212 Å². The van der Waals surface area contributed by atoms with Crippen molar-refractivity contribution in [2.45, 2.75) is 32.4 Å². The molecule has 0 saturated carbocycles. The topological polar surface area (TPSA) is 103 Å². The molecule has 2 N–H and O–H groups in total. The lowest BCUT2D eigenvalue weighted by atomic mass is 10.0. The van der Waals surface area contributed by atoms with Crippen molar-refractivity contribution in [1.29, 1.82) is 0 Å². The first-order chi connectivity index (χ1) is 17.5. The van der Waals surface area contributed by atoms with Crippen molar-refractivity contribution in [3.63, 3.8) is 0 Å². The average molecular weight is 514 g/mol. The lowest BCUT2D eigenvalue weighted by Gasteiger charge is -2.41. The van der Waals surface area contributed by atoms with Crippen LogP contribution < -0.4 is 25.2 Å². The van der Waals surface area contributed by atoms with Crippen molar-refractivity contribution in [3.05, 3.63) is 29.6 Å². The van der Waals surface area contributed by atoms with Crippen molar-refractivity contribution in [1.82, 2.24) is 20.2 Å². The zero-order valence-electron chi connectivity index (χ0n) is 20.9. The summed E-state index contributed by atoms with van der Waals surface area (Å²) in [7, 11) is -2.97. The number of aryl methyl sites for hydroxylation is 1. The molecule has 0 radical (unpaired) electrons. The van der Waals surface area contributed by atoms with Gasteiger partial charge in [0.25, 0.3) is 0 Å². The zero-order chi connectivity index (χ0) is 24.7. The van der Waals surface area contributed by atoms with Crippen LogP contribution in [0.2, 0.25) is 0 Å². The number of nitrogens with zero attached hydrogens (tertiary/aromatic N) is 5. The molecule has 10 nitrogen and oxygen atoms in total. The Bertz CT molecular complexity index is 1210. The highest BCUT2D eigenvalue weighted by Gasteiger charge is 2.29. The summed E-state index contributed by atoms with van der Waals surface area (Å²) < 4.78 is 30.1. The molecule has 0 aliphatic carbocycles. The lowest BCUT2D eigenvalue weighted by Crippen LogP contribution is -2.52. The van der Waals surface area contributed by atoms with Crippen LogP contribution in [0.5, 0.6) is 5.75 Å². The highest BCUT2D eigenvalue weighted by Crippen LogP contribution is 2.40. The van der Waals surface area contributed by atoms with Crippen LogP contribution in [0.15, 0.2) is 18.5 Å². The second kappa shape index (κ2) is 9.68. The van der Waals surface area contributed by atoms with Gasteiger partial charge in [0, 0.05) is 51.0 Å². The minimum Gasteiger partial charge on any atom is -0.486 e. The van der Waals surface area contributed by atoms with E-state index in [9.17, 15) is 8.42 Å². The van der Waals surface area contributed by atoms with Crippen LogP contribution >= 0.6 is 0 Å². The number of nitrogens with one attached hydrogen (secondary N) is 2. The molecule has 0 bridgehead atoms. The number of benzene rings is 1. The number of anilines is 4. The van der Waals surface area contributed by atoms with Gasteiger partial charge in [-0.3, -0.25) is 4.90 Å². The second-order valence-electron chi connectivity index (χ2n) is 10.2. The number of aromatic nitrogens is 2. The van der Waals surface area contributed by atoms with Gasteiger partial charge in [-0.2, -0.15) is 0 Å². The summed E-state index contributed by atoms with van der Waals surface area (Å²) in [5, 5.41) is 6.98. The van der Waals surface area contributed by atoms with E-state index >= 15 is 0 Å². The first-order valence-corrected chi connectivity index (χ1v) is 14.8. The molecule has 2 aromatic rings. The van der Waals surface area contributed by atoms with Crippen LogP contribution in [0.1, 0.15) is 24.0 Å². The summed E-state index contributed by atoms with van der Waals surface area (Å²) in [4.78, 5) is 16.2. The summed E-state index contributed by atoms with van der Waals surface area (Å²) in [6.45, 7) is 9.78. The van der Waals surface area contributed by atoms with Crippen LogP contribution in [0.4, 0.5) is 23.0 Å². The van der Waals surface area contributed by atoms with E-state index in [-0.39, 0.29) is 11.5 Å². The van der Waals surface area contributed by atoms with E-state index < -0.39 is 9.84 Å². The maximum atomic E-state index is 11.9. The maximum Gasteiger partial charge on any atom is 0.153 e. The Kier molecular flexibility index (Phi) is 6.38. The van der Waals surface area contributed by atoms with Gasteiger partial charge in [-0.05, 0) is 50.6 Å². The van der Waals surface area contributed by atoms with Gasteiger partial charge in [-0.1, -0.05) is 0 Å². The number of ether oxygens (including phenoxy) is 1. The van der Waals surface area contributed by atoms with E-state index in [2.05, 4.69) is 49.5 Å². The quantitative estimate of drug-likeness (QED) is 0.628. The van der Waals surface area contributed by atoms with Gasteiger partial charge < -0.3 is 25.2 Å². The van der Waals surface area contributed by atoms with Gasteiger partial charge in [0.2, 0.25) is 0 Å². The average Bonchev–Trinajstić information content (AvgIpc) is 3.09. The Morgan fingerprint density at radius 1 is 0.972 bits per heavy atom. The molecule has 5 heterocycles. The molecule has 6 rings (SSSR count). The molecule has 194 valence electrons. The largest absolute Gasteiger partial charge is 0.486 e. The molecule has 4 aliphatic rings. The summed E-state index contributed by atoms with van der Waals surface area (Å²) in [5.41, 5.74) is 4.06. The Morgan fingerprint density at radius 3 is 2.47 bits per heavy atom. The molecular formula is C25H35N7O3S. The molecule has 3 fully saturated rings. The molecule has 0 amide bonds. The predicted octanol–water partition coefficient (Wildman–Crippen LogP) is 1.53. The Morgan fingerprint density at radius 2 is 1.72 bits per heavy atom. The fourth-order valence-corrected chi connectivity index (χ4v) is 7.05. The maximum absolute atomic E-state index is 11.9. The van der Waals surface area contributed by atoms with E-state index in [1.807, 2.05) is 4.90 Å². The van der Waals surface area contributed by atoms with Crippen LogP contribution in [0.3, 0.4) is 0 Å². The number of fused-ring (bicyclic) bond motifs is 2. The molecule has 1 aromatic heterocycles. The third-order valence-electron chi connectivity index (χ3n) is 7.94. The van der Waals surface area contributed by atoms with Crippen LogP contribution in [0.25, 0.3) is 0 Å². The number of rotatable bonds is 3. The number of hydrogen-bond donors (Lipinski definition) is 2. The van der Waals surface area contributed by atoms with Gasteiger partial charge >= 0.3 is 0 Å². The molecule has 0 spiro atoms. The smallest absolute Gasteiger partial charge is 0.153 e. The normalized spacial score (nSPS) is 22.7. The second-order valence-corrected chi connectivity index (χ2v) is 12.5. The third-order valence-corrected chi connectivity index (χ3v) is 9.55. The number of piperazine rings is 1. The molecule has 0 atom stereocenters. The van der Waals surface area contributed by atoms with Crippen LogP contribution in [-0.2, 0) is 16.4 Å².